The Hall–Kier alpha value is -3.37. The average molecular weight is 856 g/mol. The van der Waals surface area contributed by atoms with Crippen molar-refractivity contribution in [3.63, 3.8) is 0 Å². The highest BCUT2D eigenvalue weighted by molar-refractivity contribution is 5.77. The maximum Gasteiger partial charge on any atom is 0.407 e. The zero-order valence-electron chi connectivity index (χ0n) is 39.0. The van der Waals surface area contributed by atoms with E-state index in [4.69, 9.17) is 28.4 Å². The molecule has 0 bridgehead atoms. The molecule has 0 aromatic heterocycles. The van der Waals surface area contributed by atoms with Crippen LogP contribution in [-0.2, 0) is 38.0 Å². The second-order valence-electron chi connectivity index (χ2n) is 20.1. The highest BCUT2D eigenvalue weighted by atomic mass is 16.6. The van der Waals surface area contributed by atoms with Gasteiger partial charge in [0.15, 0.2) is 6.23 Å². The number of hydrogen-bond donors (Lipinski definition) is 5. The van der Waals surface area contributed by atoms with Crippen LogP contribution in [0.15, 0.2) is 0 Å². The largest absolute Gasteiger partial charge is 0.449 e. The number of methoxy groups -OCH3 is 1. The Balaban J connectivity index is 1.98. The molecule has 2 saturated carbocycles. The third-order valence-corrected chi connectivity index (χ3v) is 11.8. The van der Waals surface area contributed by atoms with Crippen LogP contribution in [0.4, 0.5) is 14.4 Å². The first-order valence-electron chi connectivity index (χ1n) is 21.9. The lowest BCUT2D eigenvalue weighted by Crippen LogP contribution is -2.47. The molecule has 0 saturated heterocycles. The summed E-state index contributed by atoms with van der Waals surface area (Å²) in [5.74, 6) is -0.210. The van der Waals surface area contributed by atoms with E-state index in [2.05, 4.69) is 68.1 Å². The molecule has 2 rings (SSSR count). The van der Waals surface area contributed by atoms with Gasteiger partial charge in [-0.1, -0.05) is 62.3 Å². The van der Waals surface area contributed by atoms with Crippen LogP contribution >= 0.6 is 0 Å². The van der Waals surface area contributed by atoms with Crippen LogP contribution in [0.1, 0.15) is 121 Å². The number of esters is 1. The molecule has 5 N–H and O–H groups in total. The molecule has 16 nitrogen and oxygen atoms in total. The summed E-state index contributed by atoms with van der Waals surface area (Å²) < 4.78 is 33.4. The molecule has 348 valence electrons. The lowest BCUT2D eigenvalue weighted by molar-refractivity contribution is -0.155. The summed E-state index contributed by atoms with van der Waals surface area (Å²) >= 11 is 0. The summed E-state index contributed by atoms with van der Waals surface area (Å²) in [7, 11) is 3.21. The molecule has 2 aliphatic carbocycles. The predicted octanol–water partition coefficient (Wildman–Crippen LogP) is 6.16. The van der Waals surface area contributed by atoms with Gasteiger partial charge in [0.25, 0.3) is 0 Å². The summed E-state index contributed by atoms with van der Waals surface area (Å²) in [5.41, 5.74) is -1.28. The number of hydrogen-bond acceptors (Lipinski definition) is 12. The Morgan fingerprint density at radius 1 is 0.700 bits per heavy atom. The van der Waals surface area contributed by atoms with Crippen molar-refractivity contribution in [2.75, 3.05) is 80.0 Å². The van der Waals surface area contributed by atoms with Gasteiger partial charge in [0, 0.05) is 45.6 Å². The third-order valence-electron chi connectivity index (χ3n) is 11.8. The highest BCUT2D eigenvalue weighted by Crippen LogP contribution is 2.50. The first-order valence-corrected chi connectivity index (χ1v) is 21.9. The van der Waals surface area contributed by atoms with Gasteiger partial charge < -0.3 is 49.7 Å². The van der Waals surface area contributed by atoms with Crippen LogP contribution in [0.2, 0.25) is 0 Å². The molecule has 60 heavy (non-hydrogen) atoms. The number of rotatable bonds is 24. The molecular weight excluding hydrogens is 775 g/mol. The quantitative estimate of drug-likeness (QED) is 0.0321. The van der Waals surface area contributed by atoms with Crippen LogP contribution in [0.25, 0.3) is 0 Å². The minimum atomic E-state index is -0.805. The fourth-order valence-corrected chi connectivity index (χ4v) is 9.64. The van der Waals surface area contributed by atoms with Crippen molar-refractivity contribution in [1.82, 2.24) is 26.6 Å². The van der Waals surface area contributed by atoms with Crippen LogP contribution in [0.5, 0.6) is 0 Å². The van der Waals surface area contributed by atoms with Gasteiger partial charge in [-0.2, -0.15) is 0 Å². The van der Waals surface area contributed by atoms with Gasteiger partial charge in [-0.25, -0.2) is 14.4 Å². The van der Waals surface area contributed by atoms with Crippen LogP contribution < -0.4 is 26.6 Å². The zero-order valence-corrected chi connectivity index (χ0v) is 39.0. The maximum absolute atomic E-state index is 13.3. The Morgan fingerprint density at radius 2 is 1.25 bits per heavy atom. The zero-order chi connectivity index (χ0) is 45.2. The second-order valence-corrected chi connectivity index (χ2v) is 20.1. The normalized spacial score (nSPS) is 24.9. The maximum atomic E-state index is 13.3. The monoisotopic (exact) mass is 856 g/mol. The van der Waals surface area contributed by atoms with Gasteiger partial charge in [-0.05, 0) is 92.4 Å². The number of carbonyl (C=O) groups excluding carboxylic acids is 5. The second kappa shape index (κ2) is 24.3. The van der Waals surface area contributed by atoms with Crippen LogP contribution in [-0.4, -0.2) is 116 Å². The molecule has 0 aromatic rings. The molecule has 2 aliphatic rings. The van der Waals surface area contributed by atoms with E-state index in [9.17, 15) is 24.0 Å². The van der Waals surface area contributed by atoms with Crippen molar-refractivity contribution in [2.24, 2.45) is 44.8 Å². The smallest absolute Gasteiger partial charge is 0.407 e. The number of carbonyl (C=O) groups is 5. The molecule has 6 atom stereocenters. The van der Waals surface area contributed by atoms with Crippen molar-refractivity contribution in [3.8, 4) is 0 Å². The fourth-order valence-electron chi connectivity index (χ4n) is 9.64. The van der Waals surface area contributed by atoms with E-state index < -0.39 is 35.9 Å². The van der Waals surface area contributed by atoms with E-state index in [0.29, 0.717) is 52.2 Å². The van der Waals surface area contributed by atoms with Gasteiger partial charge in [-0.3, -0.25) is 14.9 Å². The van der Waals surface area contributed by atoms with Gasteiger partial charge in [0.1, 0.15) is 19.8 Å². The molecule has 0 heterocycles. The molecule has 0 aromatic carbocycles. The lowest BCUT2D eigenvalue weighted by atomic mass is 9.60. The lowest BCUT2D eigenvalue weighted by Gasteiger charge is -2.47. The molecule has 4 amide bonds. The van der Waals surface area contributed by atoms with E-state index in [1.54, 1.807) is 21.1 Å². The molecule has 0 radical (unpaired) electrons. The molecule has 2 fully saturated rings. The van der Waals surface area contributed by atoms with Gasteiger partial charge >= 0.3 is 24.2 Å². The van der Waals surface area contributed by atoms with E-state index in [-0.39, 0.29) is 78.2 Å². The number of ether oxygens (including phenoxy) is 6. The number of likely N-dealkylation sites (N-methyl/N-ethyl adjacent to an activating group) is 1. The van der Waals surface area contributed by atoms with Crippen LogP contribution in [0, 0.1) is 44.8 Å². The highest BCUT2D eigenvalue weighted by Gasteiger charge is 2.44. The summed E-state index contributed by atoms with van der Waals surface area (Å²) in [5, 5.41) is 14.5. The van der Waals surface area contributed by atoms with Crippen molar-refractivity contribution in [1.29, 1.82) is 0 Å². The Morgan fingerprint density at radius 3 is 1.80 bits per heavy atom. The molecular formula is C44H81N5O11. The number of alkyl carbamates (subject to hydrolysis) is 3. The minimum Gasteiger partial charge on any atom is -0.449 e. The minimum absolute atomic E-state index is 0.0117. The predicted molar refractivity (Wildman–Crippen MR) is 229 cm³/mol. The SMILES string of the molecule is CCNC(=O)OCC(NC)OC(=O)CC1CC(C)(C)CC(C)(CNC(=O)OCC(CC)(COCCOC)COC(=O)NCC2CC(C)(C)CC(C)(CNC(=O)C(C)C)C2)C1. The fraction of sp³-hybridized carbons (Fsp3) is 0.886. The van der Waals surface area contributed by atoms with Crippen LogP contribution in [0.3, 0.4) is 0 Å². The molecule has 0 aliphatic heterocycles. The van der Waals surface area contributed by atoms with E-state index in [1.165, 1.54) is 0 Å². The summed E-state index contributed by atoms with van der Waals surface area (Å²) in [6.07, 6.45) is 3.30. The standard InChI is InChI=1S/C44H81N5O11/c1-13-44(28-56-16-15-55-12,29-58-38(53)47-22-33-19-41(7,8)25-43(10,21-33)26-48-36(51)31(3)4)30-59-39(54)49-27-42(9)20-32(18-40(5,6)24-42)17-35(50)60-34(45-11)23-57-37(52)46-14-2/h31-34,45H,13-30H2,1-12H3,(H,46,52)(H,47,53)(H,48,51)(H,49,54). The summed E-state index contributed by atoms with van der Waals surface area (Å²) in [4.78, 5) is 63.5. The number of nitrogens with one attached hydrogen (secondary N) is 5. The van der Waals surface area contributed by atoms with Gasteiger partial charge in [0.05, 0.1) is 25.2 Å². The van der Waals surface area contributed by atoms with Crippen molar-refractivity contribution >= 4 is 30.2 Å². The van der Waals surface area contributed by atoms with Gasteiger partial charge in [-0.15, -0.1) is 0 Å². The van der Waals surface area contributed by atoms with Crippen molar-refractivity contribution < 1.29 is 52.4 Å². The molecule has 16 heteroatoms. The van der Waals surface area contributed by atoms with Crippen molar-refractivity contribution in [2.45, 2.75) is 127 Å². The van der Waals surface area contributed by atoms with Crippen molar-refractivity contribution in [3.05, 3.63) is 0 Å². The first-order chi connectivity index (χ1) is 28.0. The number of amides is 4. The Kier molecular flexibility index (Phi) is 21.4. The molecule has 0 spiro atoms. The molecule has 6 unspecified atom stereocenters. The third kappa shape index (κ3) is 19.6. The Labute approximate surface area is 360 Å². The first kappa shape index (κ1) is 52.8. The van der Waals surface area contributed by atoms with E-state index in [0.717, 1.165) is 32.1 Å². The summed E-state index contributed by atoms with van der Waals surface area (Å²) in [6.45, 7) is 23.1. The van der Waals surface area contributed by atoms with Gasteiger partial charge in [0.2, 0.25) is 5.91 Å². The summed E-state index contributed by atoms with van der Waals surface area (Å²) in [6, 6.07) is 0. The van der Waals surface area contributed by atoms with E-state index >= 15 is 0 Å². The van der Waals surface area contributed by atoms with E-state index in [1.807, 2.05) is 20.8 Å². The average Bonchev–Trinajstić information content (AvgIpc) is 3.15. The Bertz CT molecular complexity index is 1380. The topological polar surface area (TPSA) is 201 Å².